The average Bonchev–Trinajstić information content (AvgIpc) is 2.24. The molecule has 0 radical (unpaired) electrons. The first-order chi connectivity index (χ1) is 6.44. The lowest BCUT2D eigenvalue weighted by Crippen LogP contribution is -2.50. The summed E-state index contributed by atoms with van der Waals surface area (Å²) < 4.78 is 10.8. The van der Waals surface area contributed by atoms with Gasteiger partial charge in [-0.25, -0.2) is 0 Å². The molecule has 0 saturated carbocycles. The van der Waals surface area contributed by atoms with E-state index in [1.54, 1.807) is 0 Å². The van der Waals surface area contributed by atoms with E-state index in [1.807, 2.05) is 13.8 Å². The summed E-state index contributed by atoms with van der Waals surface area (Å²) in [7, 11) is 0. The maximum atomic E-state index is 11.6. The number of ether oxygens (including phenoxy) is 2. The van der Waals surface area contributed by atoms with Crippen LogP contribution >= 0.6 is 0 Å². The lowest BCUT2D eigenvalue weighted by Gasteiger charge is -2.39. The summed E-state index contributed by atoms with van der Waals surface area (Å²) in [6.45, 7) is 4.36. The van der Waals surface area contributed by atoms with Crippen molar-refractivity contribution in [3.63, 3.8) is 0 Å². The maximum absolute atomic E-state index is 11.6. The lowest BCUT2D eigenvalue weighted by molar-refractivity contribution is -0.157. The Morgan fingerprint density at radius 2 is 2.21 bits per heavy atom. The van der Waals surface area contributed by atoms with E-state index in [9.17, 15) is 4.79 Å². The minimum absolute atomic E-state index is 0.0206. The quantitative estimate of drug-likeness (QED) is 0.602. The molecule has 78 valence electrons. The molecule has 0 aliphatic carbocycles. The number of hydrogen-bond donors (Lipinski definition) is 1. The summed E-state index contributed by atoms with van der Waals surface area (Å²) in [6, 6.07) is -0.0206. The molecule has 2 rings (SSSR count). The Bertz CT molecular complexity index is 311. The number of carbonyl (C=O) groups excluding carboxylic acids is 1. The summed E-state index contributed by atoms with van der Waals surface area (Å²) >= 11 is 0. The van der Waals surface area contributed by atoms with Gasteiger partial charge in [0.25, 0.3) is 11.9 Å². The van der Waals surface area contributed by atoms with Crippen LogP contribution in [0.25, 0.3) is 0 Å². The third-order valence-electron chi connectivity index (χ3n) is 2.61. The second-order valence-corrected chi connectivity index (χ2v) is 4.39. The molecule has 2 aliphatic rings. The van der Waals surface area contributed by atoms with Crippen molar-refractivity contribution >= 4 is 11.9 Å². The van der Waals surface area contributed by atoms with Gasteiger partial charge >= 0.3 is 0 Å². The Balaban J connectivity index is 2.22. The minimum Gasteiger partial charge on any atom is -0.448 e. The molecular formula is C9H14N2O3. The van der Waals surface area contributed by atoms with Crippen LogP contribution in [0.1, 0.15) is 26.7 Å². The lowest BCUT2D eigenvalue weighted by atomic mass is 9.84. The Morgan fingerprint density at radius 1 is 1.50 bits per heavy atom. The molecule has 1 unspecified atom stereocenters. The van der Waals surface area contributed by atoms with Crippen LogP contribution in [-0.2, 0) is 14.3 Å². The molecule has 5 heteroatoms. The van der Waals surface area contributed by atoms with Gasteiger partial charge in [0, 0.05) is 12.8 Å². The molecule has 2 aliphatic heterocycles. The van der Waals surface area contributed by atoms with Gasteiger partial charge in [-0.05, 0) is 13.8 Å². The summed E-state index contributed by atoms with van der Waals surface area (Å²) in [5, 5.41) is 0. The van der Waals surface area contributed by atoms with Gasteiger partial charge in [0.1, 0.15) is 0 Å². The number of carbonyl (C=O) groups is 1. The number of amidine groups is 1. The number of hydrogen-bond acceptors (Lipinski definition) is 4. The van der Waals surface area contributed by atoms with Crippen molar-refractivity contribution in [3.8, 4) is 0 Å². The summed E-state index contributed by atoms with van der Waals surface area (Å²) in [4.78, 5) is 15.2. The molecule has 0 aromatic heterocycles. The molecule has 1 saturated heterocycles. The first kappa shape index (κ1) is 9.45. The first-order valence-corrected chi connectivity index (χ1v) is 4.65. The monoisotopic (exact) mass is 198 g/mol. The summed E-state index contributed by atoms with van der Waals surface area (Å²) in [5.74, 6) is -0.272. The van der Waals surface area contributed by atoms with Gasteiger partial charge in [0.15, 0.2) is 5.60 Å². The molecule has 1 atom stereocenters. The van der Waals surface area contributed by atoms with Crippen molar-refractivity contribution in [2.24, 2.45) is 10.7 Å². The van der Waals surface area contributed by atoms with Crippen molar-refractivity contribution < 1.29 is 14.3 Å². The third kappa shape index (κ3) is 1.37. The fourth-order valence-corrected chi connectivity index (χ4v) is 2.06. The molecule has 1 spiro atoms. The van der Waals surface area contributed by atoms with Gasteiger partial charge in [-0.3, -0.25) is 4.79 Å². The zero-order chi connectivity index (χ0) is 10.4. The van der Waals surface area contributed by atoms with E-state index in [1.165, 1.54) is 0 Å². The van der Waals surface area contributed by atoms with Crippen LogP contribution in [0.3, 0.4) is 0 Å². The van der Waals surface area contributed by atoms with Crippen LogP contribution in [0.15, 0.2) is 4.99 Å². The number of aliphatic imine (C=N–C) groups is 1. The summed E-state index contributed by atoms with van der Waals surface area (Å²) in [6.07, 6.45) is 1.03. The molecule has 1 amide bonds. The van der Waals surface area contributed by atoms with Crippen molar-refractivity contribution in [3.05, 3.63) is 0 Å². The highest BCUT2D eigenvalue weighted by atomic mass is 16.6. The molecular weight excluding hydrogens is 184 g/mol. The molecule has 14 heavy (non-hydrogen) atoms. The second-order valence-electron chi connectivity index (χ2n) is 4.39. The van der Waals surface area contributed by atoms with Gasteiger partial charge in [-0.15, -0.1) is 0 Å². The summed E-state index contributed by atoms with van der Waals surface area (Å²) in [5.41, 5.74) is 4.18. The van der Waals surface area contributed by atoms with Crippen LogP contribution in [0.5, 0.6) is 0 Å². The van der Waals surface area contributed by atoms with E-state index >= 15 is 0 Å². The van der Waals surface area contributed by atoms with E-state index in [0.717, 1.165) is 0 Å². The SMILES string of the molecule is CC1(C)CC2(CCO1)OC(N)=NC2=O. The van der Waals surface area contributed by atoms with Crippen molar-refractivity contribution in [2.45, 2.75) is 37.9 Å². The largest absolute Gasteiger partial charge is 0.448 e. The van der Waals surface area contributed by atoms with Crippen LogP contribution in [0, 0.1) is 0 Å². The third-order valence-corrected chi connectivity index (χ3v) is 2.61. The Kier molecular flexibility index (Phi) is 1.82. The first-order valence-electron chi connectivity index (χ1n) is 4.65. The highest BCUT2D eigenvalue weighted by Gasteiger charge is 2.52. The fraction of sp³-hybridized carbons (Fsp3) is 0.778. The van der Waals surface area contributed by atoms with Crippen molar-refractivity contribution in [1.29, 1.82) is 0 Å². The highest BCUT2D eigenvalue weighted by Crippen LogP contribution is 2.37. The van der Waals surface area contributed by atoms with Gasteiger partial charge in [-0.2, -0.15) is 4.99 Å². The number of nitrogens with zero attached hydrogens (tertiary/aromatic N) is 1. The fourth-order valence-electron chi connectivity index (χ4n) is 2.06. The molecule has 2 heterocycles. The Hall–Kier alpha value is -1.10. The van der Waals surface area contributed by atoms with E-state index in [4.69, 9.17) is 15.2 Å². The van der Waals surface area contributed by atoms with Crippen molar-refractivity contribution in [1.82, 2.24) is 0 Å². The van der Waals surface area contributed by atoms with E-state index in [2.05, 4.69) is 4.99 Å². The topological polar surface area (TPSA) is 73.9 Å². The zero-order valence-corrected chi connectivity index (χ0v) is 8.37. The van der Waals surface area contributed by atoms with E-state index in [0.29, 0.717) is 19.4 Å². The molecule has 2 N–H and O–H groups in total. The highest BCUT2D eigenvalue weighted by molar-refractivity contribution is 6.00. The predicted octanol–water partition coefficient (Wildman–Crippen LogP) is 0.186. The smallest absolute Gasteiger partial charge is 0.294 e. The van der Waals surface area contributed by atoms with Gasteiger partial charge in [-0.1, -0.05) is 0 Å². The minimum atomic E-state index is -0.855. The van der Waals surface area contributed by atoms with Gasteiger partial charge in [0.05, 0.1) is 12.2 Å². The van der Waals surface area contributed by atoms with E-state index in [-0.39, 0.29) is 17.5 Å². The normalized spacial score (nSPS) is 35.6. The number of amides is 1. The van der Waals surface area contributed by atoms with Gasteiger partial charge < -0.3 is 15.2 Å². The molecule has 5 nitrogen and oxygen atoms in total. The second kappa shape index (κ2) is 2.70. The standard InChI is InChI=1S/C9H14N2O3/c1-8(2)5-9(3-4-13-8)6(12)11-7(10)14-9/h3-5H2,1-2H3,(H2,10,11,12). The Morgan fingerprint density at radius 3 is 2.71 bits per heavy atom. The molecule has 1 fully saturated rings. The van der Waals surface area contributed by atoms with Crippen LogP contribution < -0.4 is 5.73 Å². The molecule has 0 aromatic rings. The van der Waals surface area contributed by atoms with Crippen LogP contribution in [0.4, 0.5) is 0 Å². The Labute approximate surface area is 82.3 Å². The maximum Gasteiger partial charge on any atom is 0.294 e. The average molecular weight is 198 g/mol. The van der Waals surface area contributed by atoms with Crippen LogP contribution in [-0.4, -0.2) is 29.7 Å². The van der Waals surface area contributed by atoms with Crippen molar-refractivity contribution in [2.75, 3.05) is 6.61 Å². The van der Waals surface area contributed by atoms with E-state index < -0.39 is 5.60 Å². The number of rotatable bonds is 0. The predicted molar refractivity (Wildman–Crippen MR) is 49.7 cm³/mol. The molecule has 0 aromatic carbocycles. The van der Waals surface area contributed by atoms with Crippen LogP contribution in [0.2, 0.25) is 0 Å². The zero-order valence-electron chi connectivity index (χ0n) is 8.37. The number of nitrogens with two attached hydrogens (primary N) is 1. The van der Waals surface area contributed by atoms with Gasteiger partial charge in [0.2, 0.25) is 0 Å². The molecule has 0 bridgehead atoms.